The van der Waals surface area contributed by atoms with Crippen LogP contribution in [0, 0.1) is 5.92 Å². The number of rotatable bonds is 6. The van der Waals surface area contributed by atoms with Crippen molar-refractivity contribution in [2.24, 2.45) is 5.92 Å². The van der Waals surface area contributed by atoms with Gasteiger partial charge >= 0.3 is 0 Å². The predicted molar refractivity (Wildman–Crippen MR) is 111 cm³/mol. The van der Waals surface area contributed by atoms with Crippen molar-refractivity contribution in [3.63, 3.8) is 0 Å². The van der Waals surface area contributed by atoms with Crippen LogP contribution < -0.4 is 13.8 Å². The summed E-state index contributed by atoms with van der Waals surface area (Å²) in [5.74, 6) is -1.89. The highest BCUT2D eigenvalue weighted by molar-refractivity contribution is 7.94. The van der Waals surface area contributed by atoms with Crippen LogP contribution in [0.2, 0.25) is 0 Å². The van der Waals surface area contributed by atoms with E-state index in [4.69, 9.17) is 4.74 Å². The lowest BCUT2D eigenvalue weighted by Gasteiger charge is -2.18. The number of ketones is 1. The molecule has 9 nitrogen and oxygen atoms in total. The molecular weight excluding hydrogens is 432 g/mol. The van der Waals surface area contributed by atoms with Crippen LogP contribution in [0.15, 0.2) is 47.4 Å². The van der Waals surface area contributed by atoms with E-state index in [-0.39, 0.29) is 33.6 Å². The molecule has 0 radical (unpaired) electrons. The molecule has 1 amide bonds. The van der Waals surface area contributed by atoms with Crippen LogP contribution in [0.4, 0.5) is 11.4 Å². The molecule has 0 bridgehead atoms. The molecule has 0 spiro atoms. The van der Waals surface area contributed by atoms with Gasteiger partial charge in [-0.05, 0) is 49.4 Å². The monoisotopic (exact) mass is 452 g/mol. The number of benzene rings is 2. The SMILES string of the molecule is COc1ccc(N2C(=O)[C@H](C)CS2(=O)=O)cc1S(=O)(=O)Nc1ccc(C(C)=O)cc1. The van der Waals surface area contributed by atoms with E-state index in [1.54, 1.807) is 0 Å². The number of carbonyl (C=O) groups is 2. The Morgan fingerprint density at radius 1 is 1.17 bits per heavy atom. The minimum atomic E-state index is -4.20. The number of carbonyl (C=O) groups excluding carboxylic acids is 2. The van der Waals surface area contributed by atoms with E-state index in [1.807, 2.05) is 0 Å². The van der Waals surface area contributed by atoms with Crippen LogP contribution in [0.5, 0.6) is 5.75 Å². The molecule has 0 saturated carbocycles. The summed E-state index contributed by atoms with van der Waals surface area (Å²) in [6.45, 7) is 2.89. The van der Waals surface area contributed by atoms with E-state index in [9.17, 15) is 26.4 Å². The molecule has 1 aliphatic heterocycles. The highest BCUT2D eigenvalue weighted by Gasteiger charge is 2.42. The van der Waals surface area contributed by atoms with Gasteiger partial charge in [-0.3, -0.25) is 14.3 Å². The zero-order valence-corrected chi connectivity index (χ0v) is 18.1. The summed E-state index contributed by atoms with van der Waals surface area (Å²) in [5, 5.41) is 0. The van der Waals surface area contributed by atoms with Crippen molar-refractivity contribution < 1.29 is 31.2 Å². The highest BCUT2D eigenvalue weighted by Crippen LogP contribution is 2.34. The van der Waals surface area contributed by atoms with E-state index >= 15 is 0 Å². The van der Waals surface area contributed by atoms with E-state index < -0.39 is 31.9 Å². The Hall–Kier alpha value is -2.92. The van der Waals surface area contributed by atoms with Gasteiger partial charge < -0.3 is 4.74 Å². The highest BCUT2D eigenvalue weighted by atomic mass is 32.2. The summed E-state index contributed by atoms with van der Waals surface area (Å²) in [4.78, 5) is 23.4. The molecule has 160 valence electrons. The van der Waals surface area contributed by atoms with Gasteiger partial charge in [-0.25, -0.2) is 21.1 Å². The number of ether oxygens (including phenoxy) is 1. The van der Waals surface area contributed by atoms with Gasteiger partial charge in [-0.2, -0.15) is 0 Å². The Bertz CT molecular complexity index is 1220. The third-order valence-corrected chi connectivity index (χ3v) is 7.85. The first-order chi connectivity index (χ1) is 14.0. The molecule has 30 heavy (non-hydrogen) atoms. The van der Waals surface area contributed by atoms with Crippen molar-refractivity contribution in [3.05, 3.63) is 48.0 Å². The number of Topliss-reactive ketones (excluding diaryl/α,β-unsaturated/α-hetero) is 1. The lowest BCUT2D eigenvalue weighted by molar-refractivity contribution is -0.119. The molecule has 1 atom stereocenters. The first kappa shape index (κ1) is 21.8. The van der Waals surface area contributed by atoms with Gasteiger partial charge in [0, 0.05) is 11.3 Å². The van der Waals surface area contributed by atoms with E-state index in [2.05, 4.69) is 4.72 Å². The lowest BCUT2D eigenvalue weighted by atomic mass is 10.1. The molecule has 2 aromatic carbocycles. The van der Waals surface area contributed by atoms with Crippen LogP contribution in [0.1, 0.15) is 24.2 Å². The second kappa shape index (κ2) is 7.73. The molecule has 2 aromatic rings. The van der Waals surface area contributed by atoms with Crippen LogP contribution in [-0.4, -0.2) is 41.4 Å². The average Bonchev–Trinajstić information content (AvgIpc) is 2.88. The first-order valence-electron chi connectivity index (χ1n) is 8.85. The number of amides is 1. The average molecular weight is 453 g/mol. The molecule has 0 aromatic heterocycles. The fourth-order valence-corrected chi connectivity index (χ4v) is 6.13. The summed E-state index contributed by atoms with van der Waals surface area (Å²) in [6, 6.07) is 9.50. The van der Waals surface area contributed by atoms with Gasteiger partial charge in [0.2, 0.25) is 15.9 Å². The van der Waals surface area contributed by atoms with Gasteiger partial charge in [0.15, 0.2) is 5.78 Å². The van der Waals surface area contributed by atoms with Gasteiger partial charge in [0.25, 0.3) is 10.0 Å². The molecule has 1 saturated heterocycles. The van der Waals surface area contributed by atoms with Crippen molar-refractivity contribution in [3.8, 4) is 5.75 Å². The largest absolute Gasteiger partial charge is 0.495 e. The van der Waals surface area contributed by atoms with Crippen molar-refractivity contribution in [1.82, 2.24) is 0 Å². The van der Waals surface area contributed by atoms with Crippen LogP contribution in [-0.2, 0) is 24.8 Å². The van der Waals surface area contributed by atoms with E-state index in [0.29, 0.717) is 9.87 Å². The molecule has 3 rings (SSSR count). The van der Waals surface area contributed by atoms with E-state index in [0.717, 1.165) is 6.07 Å². The maximum absolute atomic E-state index is 13.0. The van der Waals surface area contributed by atoms with Crippen molar-refractivity contribution >= 4 is 43.1 Å². The van der Waals surface area contributed by atoms with Crippen molar-refractivity contribution in [2.75, 3.05) is 21.9 Å². The Kier molecular flexibility index (Phi) is 5.61. The fourth-order valence-electron chi connectivity index (χ4n) is 3.07. The maximum Gasteiger partial charge on any atom is 0.265 e. The van der Waals surface area contributed by atoms with Gasteiger partial charge in [0.1, 0.15) is 10.6 Å². The number of nitrogens with zero attached hydrogens (tertiary/aromatic N) is 1. The molecular formula is C19H20N2O7S2. The van der Waals surface area contributed by atoms with Gasteiger partial charge in [-0.1, -0.05) is 6.92 Å². The second-order valence-corrected chi connectivity index (χ2v) is 10.4. The Balaban J connectivity index is 2.02. The van der Waals surface area contributed by atoms with E-state index in [1.165, 1.54) is 57.4 Å². The molecule has 11 heteroatoms. The summed E-state index contributed by atoms with van der Waals surface area (Å²) >= 11 is 0. The normalized spacial score (nSPS) is 18.3. The second-order valence-electron chi connectivity index (χ2n) is 6.86. The van der Waals surface area contributed by atoms with Crippen LogP contribution in [0.25, 0.3) is 0 Å². The van der Waals surface area contributed by atoms with Crippen LogP contribution in [0.3, 0.4) is 0 Å². The number of anilines is 2. The number of nitrogens with one attached hydrogen (secondary N) is 1. The number of sulfonamides is 2. The Morgan fingerprint density at radius 2 is 1.80 bits per heavy atom. The first-order valence-corrected chi connectivity index (χ1v) is 11.9. The quantitative estimate of drug-likeness (QED) is 0.664. The Morgan fingerprint density at radius 3 is 2.30 bits per heavy atom. The number of methoxy groups -OCH3 is 1. The smallest absolute Gasteiger partial charge is 0.265 e. The van der Waals surface area contributed by atoms with Crippen LogP contribution >= 0.6 is 0 Å². The Labute approximate surface area is 174 Å². The van der Waals surface area contributed by atoms with Gasteiger partial charge in [0.05, 0.1) is 24.5 Å². The zero-order chi connectivity index (χ0) is 22.3. The lowest BCUT2D eigenvalue weighted by Crippen LogP contribution is -2.30. The summed E-state index contributed by atoms with van der Waals surface area (Å²) in [7, 11) is -6.83. The van der Waals surface area contributed by atoms with Crippen molar-refractivity contribution in [2.45, 2.75) is 18.7 Å². The number of hydrogen-bond acceptors (Lipinski definition) is 7. The van der Waals surface area contributed by atoms with Crippen molar-refractivity contribution in [1.29, 1.82) is 0 Å². The summed E-state index contributed by atoms with van der Waals surface area (Å²) in [5.41, 5.74) is 0.535. The maximum atomic E-state index is 13.0. The molecule has 0 unspecified atom stereocenters. The topological polar surface area (TPSA) is 127 Å². The molecule has 1 heterocycles. The molecule has 1 N–H and O–H groups in total. The third kappa shape index (κ3) is 4.03. The molecule has 1 aliphatic rings. The summed E-state index contributed by atoms with van der Waals surface area (Å²) < 4.78 is 58.7. The minimum Gasteiger partial charge on any atom is -0.495 e. The predicted octanol–water partition coefficient (Wildman–Crippen LogP) is 2.01. The van der Waals surface area contributed by atoms with Gasteiger partial charge in [-0.15, -0.1) is 0 Å². The summed E-state index contributed by atoms with van der Waals surface area (Å²) in [6.07, 6.45) is 0. The zero-order valence-electron chi connectivity index (χ0n) is 16.4. The fraction of sp³-hybridized carbons (Fsp3) is 0.263. The standard InChI is InChI=1S/C19H20N2O7S2/c1-12-11-29(24,25)21(19(12)23)16-8-9-17(28-3)18(10-16)30(26,27)20-15-6-4-14(5-7-15)13(2)22/h4-10,12,20H,11H2,1-3H3/t12-/m1/s1. The molecule has 1 fully saturated rings. The molecule has 0 aliphatic carbocycles. The minimum absolute atomic E-state index is 0.0244. The number of hydrogen-bond donors (Lipinski definition) is 1. The third-order valence-electron chi connectivity index (χ3n) is 4.58.